The number of hydrogen-bond donors (Lipinski definition) is 2. The summed E-state index contributed by atoms with van der Waals surface area (Å²) >= 11 is 1.50. The Morgan fingerprint density at radius 1 is 1.27 bits per heavy atom. The molecule has 2 heterocycles. The van der Waals surface area contributed by atoms with E-state index in [-0.39, 0.29) is 12.2 Å². The number of thioether (sulfide) groups is 1. The average Bonchev–Trinajstić information content (AvgIpc) is 2.93. The van der Waals surface area contributed by atoms with Gasteiger partial charge in [0, 0.05) is 5.75 Å². The number of aromatic nitrogens is 4. The standard InChI is InChI=1S/C15H16N4O2S/c20-8-7-19-13-12(10-16-19)14(21)18-15(17-13)22-9-6-11-4-2-1-3-5-11/h1-5,10,20H,6-9H2,(H,17,18,21). The van der Waals surface area contributed by atoms with Gasteiger partial charge in [0.1, 0.15) is 5.39 Å². The topological polar surface area (TPSA) is 83.8 Å². The molecule has 22 heavy (non-hydrogen) atoms. The number of benzene rings is 1. The van der Waals surface area contributed by atoms with E-state index in [0.29, 0.717) is 22.7 Å². The lowest BCUT2D eigenvalue weighted by atomic mass is 10.2. The number of aliphatic hydroxyl groups excluding tert-OH is 1. The number of H-pyrrole nitrogens is 1. The van der Waals surface area contributed by atoms with E-state index in [1.54, 1.807) is 4.68 Å². The van der Waals surface area contributed by atoms with Crippen molar-refractivity contribution in [3.8, 4) is 0 Å². The normalized spacial score (nSPS) is 11.1. The molecule has 6 nitrogen and oxygen atoms in total. The molecule has 0 aliphatic heterocycles. The summed E-state index contributed by atoms with van der Waals surface area (Å²) in [6.07, 6.45) is 2.39. The second kappa shape index (κ2) is 6.76. The molecule has 7 heteroatoms. The molecule has 0 unspecified atom stereocenters. The molecule has 0 spiro atoms. The number of nitrogens with one attached hydrogen (secondary N) is 1. The second-order valence-electron chi connectivity index (χ2n) is 4.78. The molecular formula is C15H16N4O2S. The molecule has 0 saturated carbocycles. The van der Waals surface area contributed by atoms with Crippen molar-refractivity contribution in [2.75, 3.05) is 12.4 Å². The predicted octanol–water partition coefficient (Wildman–Crippen LogP) is 1.45. The highest BCUT2D eigenvalue weighted by Crippen LogP contribution is 2.16. The van der Waals surface area contributed by atoms with Gasteiger partial charge in [-0.3, -0.25) is 4.79 Å². The van der Waals surface area contributed by atoms with E-state index >= 15 is 0 Å². The van der Waals surface area contributed by atoms with Crippen LogP contribution in [0.3, 0.4) is 0 Å². The van der Waals surface area contributed by atoms with Crippen LogP contribution in [0.5, 0.6) is 0 Å². The van der Waals surface area contributed by atoms with Gasteiger partial charge in [0.15, 0.2) is 10.8 Å². The van der Waals surface area contributed by atoms with Crippen molar-refractivity contribution in [1.82, 2.24) is 19.7 Å². The summed E-state index contributed by atoms with van der Waals surface area (Å²) in [4.78, 5) is 19.2. The first-order valence-electron chi connectivity index (χ1n) is 7.01. The first-order valence-corrected chi connectivity index (χ1v) is 8.00. The first-order chi connectivity index (χ1) is 10.8. The van der Waals surface area contributed by atoms with Crippen LogP contribution in [0.15, 0.2) is 46.5 Å². The molecule has 3 rings (SSSR count). The molecule has 2 aromatic heterocycles. The zero-order valence-corrected chi connectivity index (χ0v) is 12.7. The molecule has 0 saturated heterocycles. The third-order valence-electron chi connectivity index (χ3n) is 3.27. The van der Waals surface area contributed by atoms with Gasteiger partial charge in [-0.05, 0) is 12.0 Å². The van der Waals surface area contributed by atoms with Crippen molar-refractivity contribution in [1.29, 1.82) is 0 Å². The van der Waals surface area contributed by atoms with Crippen molar-refractivity contribution >= 4 is 22.8 Å². The van der Waals surface area contributed by atoms with Crippen LogP contribution in [-0.2, 0) is 13.0 Å². The van der Waals surface area contributed by atoms with Gasteiger partial charge in [-0.25, -0.2) is 9.67 Å². The van der Waals surface area contributed by atoms with E-state index in [2.05, 4.69) is 27.2 Å². The Morgan fingerprint density at radius 2 is 2.09 bits per heavy atom. The highest BCUT2D eigenvalue weighted by Gasteiger charge is 2.10. The molecule has 0 amide bonds. The molecular weight excluding hydrogens is 300 g/mol. The minimum atomic E-state index is -0.198. The Bertz CT molecular complexity index is 813. The van der Waals surface area contributed by atoms with Gasteiger partial charge in [0.2, 0.25) is 0 Å². The zero-order chi connectivity index (χ0) is 15.4. The van der Waals surface area contributed by atoms with Crippen molar-refractivity contribution < 1.29 is 5.11 Å². The molecule has 114 valence electrons. The van der Waals surface area contributed by atoms with Gasteiger partial charge in [-0.2, -0.15) is 5.10 Å². The van der Waals surface area contributed by atoms with Gasteiger partial charge < -0.3 is 10.1 Å². The Labute approximate surface area is 131 Å². The molecule has 0 radical (unpaired) electrons. The molecule has 0 fully saturated rings. The summed E-state index contributed by atoms with van der Waals surface area (Å²) in [6.45, 7) is 0.288. The molecule has 2 N–H and O–H groups in total. The van der Waals surface area contributed by atoms with Crippen LogP contribution >= 0.6 is 11.8 Å². The van der Waals surface area contributed by atoms with Gasteiger partial charge in [0.25, 0.3) is 5.56 Å². The highest BCUT2D eigenvalue weighted by molar-refractivity contribution is 7.99. The fraction of sp³-hybridized carbons (Fsp3) is 0.267. The number of nitrogens with zero attached hydrogens (tertiary/aromatic N) is 3. The van der Waals surface area contributed by atoms with E-state index in [9.17, 15) is 4.79 Å². The van der Waals surface area contributed by atoms with E-state index < -0.39 is 0 Å². The van der Waals surface area contributed by atoms with Crippen LogP contribution in [0.25, 0.3) is 11.0 Å². The van der Waals surface area contributed by atoms with Crippen molar-refractivity contribution in [2.24, 2.45) is 0 Å². The van der Waals surface area contributed by atoms with Gasteiger partial charge in [0.05, 0.1) is 19.3 Å². The summed E-state index contributed by atoms with van der Waals surface area (Å²) in [5, 5.41) is 14.1. The Hall–Kier alpha value is -2.12. The summed E-state index contributed by atoms with van der Waals surface area (Å²) in [5.74, 6) is 0.826. The Balaban J connectivity index is 1.76. The number of aryl methyl sites for hydroxylation is 1. The van der Waals surface area contributed by atoms with Crippen LogP contribution in [0.4, 0.5) is 0 Å². The van der Waals surface area contributed by atoms with Crippen LogP contribution in [0.1, 0.15) is 5.56 Å². The molecule has 0 aliphatic rings. The molecule has 0 aliphatic carbocycles. The van der Waals surface area contributed by atoms with Crippen LogP contribution < -0.4 is 5.56 Å². The zero-order valence-electron chi connectivity index (χ0n) is 11.9. The Kier molecular flexibility index (Phi) is 4.55. The van der Waals surface area contributed by atoms with Crippen molar-refractivity contribution in [2.45, 2.75) is 18.1 Å². The number of aliphatic hydroxyl groups is 1. The first kappa shape index (κ1) is 14.8. The quantitative estimate of drug-likeness (QED) is 0.531. The second-order valence-corrected chi connectivity index (χ2v) is 5.87. The monoisotopic (exact) mass is 316 g/mol. The van der Waals surface area contributed by atoms with Crippen LogP contribution in [0.2, 0.25) is 0 Å². The summed E-state index contributed by atoms with van der Waals surface area (Å²) < 4.78 is 1.55. The third-order valence-corrected chi connectivity index (χ3v) is 4.14. The lowest BCUT2D eigenvalue weighted by Crippen LogP contribution is -2.11. The smallest absolute Gasteiger partial charge is 0.262 e. The summed E-state index contributed by atoms with van der Waals surface area (Å²) in [5.41, 5.74) is 1.57. The summed E-state index contributed by atoms with van der Waals surface area (Å²) in [6, 6.07) is 10.2. The van der Waals surface area contributed by atoms with Crippen molar-refractivity contribution in [3.05, 3.63) is 52.4 Å². The maximum atomic E-state index is 12.0. The molecule has 1 aromatic carbocycles. The van der Waals surface area contributed by atoms with Crippen LogP contribution in [0, 0.1) is 0 Å². The number of aromatic amines is 1. The lowest BCUT2D eigenvalue weighted by Gasteiger charge is -2.03. The van der Waals surface area contributed by atoms with Gasteiger partial charge >= 0.3 is 0 Å². The Morgan fingerprint density at radius 3 is 2.86 bits per heavy atom. The lowest BCUT2D eigenvalue weighted by molar-refractivity contribution is 0.271. The molecule has 0 atom stereocenters. The minimum absolute atomic E-state index is 0.0399. The third kappa shape index (κ3) is 3.20. The average molecular weight is 316 g/mol. The predicted molar refractivity (Wildman–Crippen MR) is 86.1 cm³/mol. The fourth-order valence-electron chi connectivity index (χ4n) is 2.18. The number of hydrogen-bond acceptors (Lipinski definition) is 5. The fourth-order valence-corrected chi connectivity index (χ4v) is 3.03. The SMILES string of the molecule is O=c1[nH]c(SCCc2ccccc2)nc2c1cnn2CCO. The maximum Gasteiger partial charge on any atom is 0.262 e. The van der Waals surface area contributed by atoms with E-state index in [0.717, 1.165) is 12.2 Å². The van der Waals surface area contributed by atoms with E-state index in [4.69, 9.17) is 5.11 Å². The van der Waals surface area contributed by atoms with E-state index in [1.807, 2.05) is 18.2 Å². The maximum absolute atomic E-state index is 12.0. The van der Waals surface area contributed by atoms with Gasteiger partial charge in [-0.15, -0.1) is 0 Å². The molecule has 3 aromatic rings. The van der Waals surface area contributed by atoms with Crippen molar-refractivity contribution in [3.63, 3.8) is 0 Å². The summed E-state index contributed by atoms with van der Waals surface area (Å²) in [7, 11) is 0. The largest absolute Gasteiger partial charge is 0.394 e. The van der Waals surface area contributed by atoms with E-state index in [1.165, 1.54) is 23.5 Å². The number of fused-ring (bicyclic) bond motifs is 1. The molecule has 0 bridgehead atoms. The minimum Gasteiger partial charge on any atom is -0.394 e. The van der Waals surface area contributed by atoms with Gasteiger partial charge in [-0.1, -0.05) is 42.1 Å². The van der Waals surface area contributed by atoms with Crippen LogP contribution in [-0.4, -0.2) is 37.2 Å². The number of rotatable bonds is 6. The highest BCUT2D eigenvalue weighted by atomic mass is 32.2.